The van der Waals surface area contributed by atoms with Gasteiger partial charge < -0.3 is 15.4 Å². The fourth-order valence-corrected chi connectivity index (χ4v) is 1.47. The minimum Gasteiger partial charge on any atom is -0.385 e. The van der Waals surface area contributed by atoms with Crippen molar-refractivity contribution < 1.29 is 13.5 Å². The van der Waals surface area contributed by atoms with Crippen LogP contribution < -0.4 is 10.6 Å². The van der Waals surface area contributed by atoms with Crippen LogP contribution in [0, 0.1) is 0 Å². The van der Waals surface area contributed by atoms with Crippen LogP contribution in [0.1, 0.15) is 18.8 Å². The molecule has 6 nitrogen and oxygen atoms in total. The molecule has 0 saturated heterocycles. The van der Waals surface area contributed by atoms with E-state index in [0.29, 0.717) is 19.1 Å². The normalized spacial score (nSPS) is 11.3. The number of nitrogens with zero attached hydrogens (tertiary/aromatic N) is 3. The summed E-state index contributed by atoms with van der Waals surface area (Å²) < 4.78 is 30.9. The molecule has 0 radical (unpaired) electrons. The number of halogens is 3. The maximum absolute atomic E-state index is 12.6. The Morgan fingerprint density at radius 2 is 2.25 bits per heavy atom. The zero-order valence-electron chi connectivity index (χ0n) is 11.5. The van der Waals surface area contributed by atoms with E-state index in [-0.39, 0.29) is 36.3 Å². The van der Waals surface area contributed by atoms with Gasteiger partial charge in [0.15, 0.2) is 5.96 Å². The number of methoxy groups -OCH3 is 1. The van der Waals surface area contributed by atoms with Gasteiger partial charge in [-0.3, -0.25) is 9.56 Å². The maximum atomic E-state index is 12.6. The van der Waals surface area contributed by atoms with E-state index in [1.807, 2.05) is 0 Å². The minimum atomic E-state index is -2.59. The monoisotopic (exact) mass is 403 g/mol. The molecule has 1 aromatic rings. The number of aromatic nitrogens is 2. The molecule has 0 saturated carbocycles. The van der Waals surface area contributed by atoms with E-state index in [1.54, 1.807) is 14.2 Å². The van der Waals surface area contributed by atoms with Gasteiger partial charge in [0.2, 0.25) is 0 Å². The fourth-order valence-electron chi connectivity index (χ4n) is 1.47. The summed E-state index contributed by atoms with van der Waals surface area (Å²) in [5, 5.41) is 5.98. The van der Waals surface area contributed by atoms with Gasteiger partial charge in [0.25, 0.3) is 0 Å². The first-order chi connectivity index (χ1) is 9.19. The average molecular weight is 403 g/mol. The van der Waals surface area contributed by atoms with Gasteiger partial charge in [-0.2, -0.15) is 8.78 Å². The van der Waals surface area contributed by atoms with Gasteiger partial charge in [-0.05, 0) is 6.42 Å². The van der Waals surface area contributed by atoms with Crippen LogP contribution in [0.2, 0.25) is 0 Å². The highest BCUT2D eigenvalue weighted by Crippen LogP contribution is 2.11. The van der Waals surface area contributed by atoms with Crippen LogP contribution in [-0.4, -0.2) is 42.8 Å². The largest absolute Gasteiger partial charge is 0.385 e. The summed E-state index contributed by atoms with van der Waals surface area (Å²) in [6.45, 7) is -1.06. The van der Waals surface area contributed by atoms with E-state index >= 15 is 0 Å². The highest BCUT2D eigenvalue weighted by atomic mass is 127. The first-order valence-electron chi connectivity index (χ1n) is 5.92. The molecule has 0 aliphatic heterocycles. The Labute approximate surface area is 134 Å². The number of hydrogen-bond donors (Lipinski definition) is 2. The van der Waals surface area contributed by atoms with Crippen molar-refractivity contribution in [2.24, 2.45) is 4.99 Å². The van der Waals surface area contributed by atoms with Gasteiger partial charge in [0, 0.05) is 39.7 Å². The molecular weight excluding hydrogens is 383 g/mol. The predicted octanol–water partition coefficient (Wildman–Crippen LogP) is 1.60. The number of nitrogens with one attached hydrogen (secondary N) is 2. The molecule has 116 valence electrons. The number of alkyl halides is 2. The zero-order valence-corrected chi connectivity index (χ0v) is 13.8. The lowest BCUT2D eigenvalue weighted by Crippen LogP contribution is -2.38. The molecule has 0 atom stereocenters. The van der Waals surface area contributed by atoms with E-state index in [1.165, 1.54) is 12.4 Å². The van der Waals surface area contributed by atoms with Gasteiger partial charge in [-0.15, -0.1) is 24.0 Å². The van der Waals surface area contributed by atoms with Crippen LogP contribution in [-0.2, 0) is 11.3 Å². The summed E-state index contributed by atoms with van der Waals surface area (Å²) in [7, 11) is 3.25. The van der Waals surface area contributed by atoms with Crippen molar-refractivity contribution in [2.45, 2.75) is 19.5 Å². The molecule has 0 unspecified atom stereocenters. The molecule has 1 heterocycles. The number of hydrogen-bond acceptors (Lipinski definition) is 3. The Morgan fingerprint density at radius 3 is 2.85 bits per heavy atom. The lowest BCUT2D eigenvalue weighted by Gasteiger charge is -2.12. The topological polar surface area (TPSA) is 63.5 Å². The fraction of sp³-hybridized carbons (Fsp3) is 0.636. The second kappa shape index (κ2) is 10.8. The summed E-state index contributed by atoms with van der Waals surface area (Å²) in [5.74, 6) is 0.801. The van der Waals surface area contributed by atoms with E-state index in [9.17, 15) is 8.78 Å². The van der Waals surface area contributed by atoms with Crippen molar-refractivity contribution in [1.29, 1.82) is 0 Å². The molecule has 0 fully saturated rings. The van der Waals surface area contributed by atoms with Gasteiger partial charge in [0.05, 0.1) is 6.54 Å². The first kappa shape index (κ1) is 19.0. The smallest absolute Gasteiger partial charge is 0.319 e. The minimum absolute atomic E-state index is 0. The maximum Gasteiger partial charge on any atom is 0.319 e. The molecule has 0 amide bonds. The van der Waals surface area contributed by atoms with Gasteiger partial charge in [0.1, 0.15) is 5.82 Å². The van der Waals surface area contributed by atoms with Crippen molar-refractivity contribution >= 4 is 29.9 Å². The number of rotatable bonds is 7. The van der Waals surface area contributed by atoms with Crippen molar-refractivity contribution in [3.8, 4) is 0 Å². The third-order valence-corrected chi connectivity index (χ3v) is 2.41. The summed E-state index contributed by atoms with van der Waals surface area (Å²) in [6, 6.07) is 0. The molecule has 1 rings (SSSR count). The Kier molecular flexibility index (Phi) is 10.3. The van der Waals surface area contributed by atoms with Crippen molar-refractivity contribution in [2.75, 3.05) is 27.3 Å². The standard InChI is InChI=1S/C11H19F2N5O.HI/c1-14-11(16-4-3-7-19-2)17-8-9-15-5-6-18(9)10(12)13;/h5-6,10H,3-4,7-8H2,1-2H3,(H2,14,16,17);1H. The SMILES string of the molecule is CN=C(NCCCOC)NCc1nccn1C(F)F.I. The Bertz CT molecular complexity index is 400. The number of guanidine groups is 1. The number of imidazole rings is 1. The molecule has 0 bridgehead atoms. The predicted molar refractivity (Wildman–Crippen MR) is 83.6 cm³/mol. The van der Waals surface area contributed by atoms with Crippen LogP contribution in [0.15, 0.2) is 17.4 Å². The van der Waals surface area contributed by atoms with E-state index in [4.69, 9.17) is 4.74 Å². The first-order valence-corrected chi connectivity index (χ1v) is 5.92. The third-order valence-electron chi connectivity index (χ3n) is 2.41. The molecule has 2 N–H and O–H groups in total. The lowest BCUT2D eigenvalue weighted by atomic mass is 10.4. The molecule has 20 heavy (non-hydrogen) atoms. The molecule has 0 aromatic carbocycles. The molecular formula is C11H20F2IN5O. The van der Waals surface area contributed by atoms with Crippen LogP contribution in [0.3, 0.4) is 0 Å². The summed E-state index contributed by atoms with van der Waals surface area (Å²) >= 11 is 0. The van der Waals surface area contributed by atoms with Crippen LogP contribution in [0.25, 0.3) is 0 Å². The lowest BCUT2D eigenvalue weighted by molar-refractivity contribution is 0.0668. The van der Waals surface area contributed by atoms with Crippen LogP contribution in [0.4, 0.5) is 8.78 Å². The molecule has 0 spiro atoms. The summed E-state index contributed by atoms with van der Waals surface area (Å²) in [6.07, 6.45) is 3.43. The second-order valence-electron chi connectivity index (χ2n) is 3.73. The van der Waals surface area contributed by atoms with E-state index in [0.717, 1.165) is 11.0 Å². The highest BCUT2D eigenvalue weighted by molar-refractivity contribution is 14.0. The van der Waals surface area contributed by atoms with E-state index < -0.39 is 6.55 Å². The second-order valence-corrected chi connectivity index (χ2v) is 3.73. The molecule has 9 heteroatoms. The molecule has 0 aliphatic rings. The average Bonchev–Trinajstić information content (AvgIpc) is 2.86. The van der Waals surface area contributed by atoms with Gasteiger partial charge in [-0.1, -0.05) is 0 Å². The van der Waals surface area contributed by atoms with Crippen LogP contribution in [0.5, 0.6) is 0 Å². The van der Waals surface area contributed by atoms with Crippen molar-refractivity contribution in [1.82, 2.24) is 20.2 Å². The summed E-state index contributed by atoms with van der Waals surface area (Å²) in [4.78, 5) is 7.86. The van der Waals surface area contributed by atoms with Gasteiger partial charge in [-0.25, -0.2) is 4.98 Å². The molecule has 0 aliphatic carbocycles. The van der Waals surface area contributed by atoms with Crippen LogP contribution >= 0.6 is 24.0 Å². The Balaban J connectivity index is 0.00000361. The van der Waals surface area contributed by atoms with E-state index in [2.05, 4.69) is 20.6 Å². The van der Waals surface area contributed by atoms with Crippen molar-refractivity contribution in [3.63, 3.8) is 0 Å². The third kappa shape index (κ3) is 6.46. The zero-order chi connectivity index (χ0) is 14.1. The molecule has 1 aromatic heterocycles. The van der Waals surface area contributed by atoms with Crippen molar-refractivity contribution in [3.05, 3.63) is 18.2 Å². The number of aliphatic imine (C=N–C) groups is 1. The van der Waals surface area contributed by atoms with Gasteiger partial charge >= 0.3 is 6.55 Å². The Hall–Kier alpha value is -0.970. The number of ether oxygens (including phenoxy) is 1. The summed E-state index contributed by atoms with van der Waals surface area (Å²) in [5.41, 5.74) is 0. The Morgan fingerprint density at radius 1 is 1.50 bits per heavy atom. The quantitative estimate of drug-likeness (QED) is 0.314. The highest BCUT2D eigenvalue weighted by Gasteiger charge is 2.11.